The van der Waals surface area contributed by atoms with E-state index in [0.717, 1.165) is 11.6 Å². The quantitative estimate of drug-likeness (QED) is 0.656. The van der Waals surface area contributed by atoms with E-state index in [4.69, 9.17) is 0 Å². The van der Waals surface area contributed by atoms with Gasteiger partial charge in [0.1, 0.15) is 5.82 Å². The van der Waals surface area contributed by atoms with Crippen LogP contribution in [0.15, 0.2) is 48.5 Å². The van der Waals surface area contributed by atoms with Crippen molar-refractivity contribution in [2.75, 3.05) is 11.4 Å². The van der Waals surface area contributed by atoms with Crippen LogP contribution in [0.5, 0.6) is 0 Å². The van der Waals surface area contributed by atoms with E-state index in [2.05, 4.69) is 10.6 Å². The van der Waals surface area contributed by atoms with Gasteiger partial charge in [-0.3, -0.25) is 14.9 Å². The summed E-state index contributed by atoms with van der Waals surface area (Å²) in [5, 5.41) is 4.46. The van der Waals surface area contributed by atoms with E-state index in [-0.39, 0.29) is 5.56 Å². The number of halogens is 1. The van der Waals surface area contributed by atoms with Crippen molar-refractivity contribution in [1.29, 1.82) is 0 Å². The van der Waals surface area contributed by atoms with E-state index in [0.29, 0.717) is 18.7 Å². The van der Waals surface area contributed by atoms with Crippen molar-refractivity contribution >= 4 is 23.5 Å². The largest absolute Gasteiger partial charge is 0.323 e. The lowest BCUT2D eigenvalue weighted by atomic mass is 9.91. The van der Waals surface area contributed by atoms with Crippen LogP contribution in [0.4, 0.5) is 14.9 Å². The number of hydrogen-bond donors (Lipinski definition) is 2. The second-order valence-electron chi connectivity index (χ2n) is 6.01. The number of rotatable bonds is 3. The van der Waals surface area contributed by atoms with Gasteiger partial charge in [-0.15, -0.1) is 0 Å². The van der Waals surface area contributed by atoms with Crippen molar-refractivity contribution in [1.82, 2.24) is 10.6 Å². The van der Waals surface area contributed by atoms with E-state index >= 15 is 0 Å². The third-order valence-electron chi connectivity index (χ3n) is 4.55. The Labute approximate surface area is 142 Å². The van der Waals surface area contributed by atoms with Crippen molar-refractivity contribution in [2.45, 2.75) is 12.0 Å². The molecule has 0 radical (unpaired) electrons. The first-order valence-electron chi connectivity index (χ1n) is 7.82. The maximum atomic E-state index is 13.8. The lowest BCUT2D eigenvalue weighted by molar-refractivity contribution is -0.133. The lowest BCUT2D eigenvalue weighted by Gasteiger charge is -2.21. The molecule has 2 heterocycles. The van der Waals surface area contributed by atoms with E-state index < -0.39 is 29.2 Å². The second-order valence-corrected chi connectivity index (χ2v) is 6.01. The SMILES string of the molecule is O=C1NC(=O)C2(N1)C(=O)N(CCc1ccccc1)c1ccc(F)cc12. The molecular formula is C18H14FN3O3. The number of hydrogen-bond acceptors (Lipinski definition) is 3. The zero-order valence-electron chi connectivity index (χ0n) is 13.1. The van der Waals surface area contributed by atoms with Gasteiger partial charge in [0.25, 0.3) is 11.8 Å². The van der Waals surface area contributed by atoms with Gasteiger partial charge in [0.15, 0.2) is 0 Å². The summed E-state index contributed by atoms with van der Waals surface area (Å²) in [5.74, 6) is -1.94. The van der Waals surface area contributed by atoms with Crippen molar-refractivity contribution in [3.8, 4) is 0 Å². The van der Waals surface area contributed by atoms with Gasteiger partial charge in [0.2, 0.25) is 5.54 Å². The fourth-order valence-corrected chi connectivity index (χ4v) is 3.37. The van der Waals surface area contributed by atoms with E-state index in [1.807, 2.05) is 30.3 Å². The molecule has 0 aromatic heterocycles. The van der Waals surface area contributed by atoms with Crippen LogP contribution in [-0.2, 0) is 21.5 Å². The highest BCUT2D eigenvalue weighted by Gasteiger charge is 2.61. The molecule has 1 unspecified atom stereocenters. The smallest absolute Gasteiger partial charge is 0.312 e. The second kappa shape index (κ2) is 5.41. The molecule has 2 aromatic carbocycles. The molecule has 25 heavy (non-hydrogen) atoms. The average molecular weight is 339 g/mol. The predicted molar refractivity (Wildman–Crippen MR) is 87.3 cm³/mol. The molecule has 2 aliphatic rings. The van der Waals surface area contributed by atoms with Gasteiger partial charge in [-0.2, -0.15) is 0 Å². The number of nitrogens with zero attached hydrogens (tertiary/aromatic N) is 1. The van der Waals surface area contributed by atoms with E-state index in [1.165, 1.54) is 17.0 Å². The Hall–Kier alpha value is -3.22. The number of fused-ring (bicyclic) bond motifs is 2. The minimum Gasteiger partial charge on any atom is -0.312 e. The van der Waals surface area contributed by atoms with Crippen LogP contribution >= 0.6 is 0 Å². The monoisotopic (exact) mass is 339 g/mol. The Balaban J connectivity index is 1.74. The van der Waals surface area contributed by atoms with Crippen molar-refractivity contribution in [2.24, 2.45) is 0 Å². The minimum atomic E-state index is -1.88. The summed E-state index contributed by atoms with van der Waals surface area (Å²) < 4.78 is 13.8. The molecule has 1 atom stereocenters. The minimum absolute atomic E-state index is 0.161. The molecule has 2 aliphatic heterocycles. The fourth-order valence-electron chi connectivity index (χ4n) is 3.37. The first-order chi connectivity index (χ1) is 12.0. The van der Waals surface area contributed by atoms with Gasteiger partial charge in [-0.05, 0) is 30.2 Å². The number of urea groups is 1. The van der Waals surface area contributed by atoms with Crippen molar-refractivity contribution < 1.29 is 18.8 Å². The van der Waals surface area contributed by atoms with Gasteiger partial charge in [0, 0.05) is 12.1 Å². The van der Waals surface area contributed by atoms with Crippen molar-refractivity contribution in [3.05, 3.63) is 65.5 Å². The maximum absolute atomic E-state index is 13.8. The Kier molecular flexibility index (Phi) is 3.31. The topological polar surface area (TPSA) is 78.5 Å². The number of amides is 4. The summed E-state index contributed by atoms with van der Waals surface area (Å²) in [7, 11) is 0. The van der Waals surface area contributed by atoms with E-state index in [9.17, 15) is 18.8 Å². The van der Waals surface area contributed by atoms with Crippen LogP contribution in [0, 0.1) is 5.82 Å². The molecule has 4 rings (SSSR count). The number of anilines is 1. The first-order valence-corrected chi connectivity index (χ1v) is 7.82. The van der Waals surface area contributed by atoms with Crippen LogP contribution < -0.4 is 15.5 Å². The van der Waals surface area contributed by atoms with Crippen LogP contribution in [0.25, 0.3) is 0 Å². The molecule has 6 nitrogen and oxygen atoms in total. The molecule has 7 heteroatoms. The van der Waals surface area contributed by atoms with E-state index in [1.54, 1.807) is 0 Å². The summed E-state index contributed by atoms with van der Waals surface area (Å²) in [4.78, 5) is 38.4. The summed E-state index contributed by atoms with van der Waals surface area (Å²) >= 11 is 0. The highest BCUT2D eigenvalue weighted by molar-refractivity contribution is 6.27. The summed E-state index contributed by atoms with van der Waals surface area (Å²) in [6, 6.07) is 12.6. The standard InChI is InChI=1S/C18H14FN3O3/c19-12-6-7-14-13(10-12)18(15(23)20-17(25)21-18)16(24)22(14)9-8-11-4-2-1-3-5-11/h1-7,10H,8-9H2,(H2,20,21,23,25). The van der Waals surface area contributed by atoms with Gasteiger partial charge in [-0.1, -0.05) is 30.3 Å². The third kappa shape index (κ3) is 2.20. The van der Waals surface area contributed by atoms with Gasteiger partial charge in [-0.25, -0.2) is 9.18 Å². The zero-order valence-corrected chi connectivity index (χ0v) is 13.1. The molecule has 2 N–H and O–H groups in total. The van der Waals surface area contributed by atoms with Crippen LogP contribution in [-0.4, -0.2) is 24.4 Å². The Bertz CT molecular complexity index is 900. The summed E-state index contributed by atoms with van der Waals surface area (Å²) in [6.45, 7) is 0.312. The van der Waals surface area contributed by atoms with Crippen LogP contribution in [0.3, 0.4) is 0 Å². The molecule has 1 fully saturated rings. The van der Waals surface area contributed by atoms with Gasteiger partial charge < -0.3 is 10.2 Å². The highest BCUT2D eigenvalue weighted by atomic mass is 19.1. The highest BCUT2D eigenvalue weighted by Crippen LogP contribution is 2.42. The molecule has 0 bridgehead atoms. The zero-order chi connectivity index (χ0) is 17.6. The maximum Gasteiger partial charge on any atom is 0.323 e. The Morgan fingerprint density at radius 1 is 1.04 bits per heavy atom. The number of benzene rings is 2. The van der Waals surface area contributed by atoms with Crippen LogP contribution in [0.2, 0.25) is 0 Å². The molecule has 4 amide bonds. The van der Waals surface area contributed by atoms with Gasteiger partial charge in [0.05, 0.1) is 5.69 Å². The predicted octanol–water partition coefficient (Wildman–Crippen LogP) is 1.45. The number of nitrogens with one attached hydrogen (secondary N) is 2. The normalized spacial score (nSPS) is 21.5. The molecule has 0 saturated carbocycles. The van der Waals surface area contributed by atoms with Gasteiger partial charge >= 0.3 is 6.03 Å². The first kappa shape index (κ1) is 15.3. The lowest BCUT2D eigenvalue weighted by Crippen LogP contribution is -2.52. The molecule has 1 saturated heterocycles. The molecule has 2 aromatic rings. The van der Waals surface area contributed by atoms with Crippen molar-refractivity contribution in [3.63, 3.8) is 0 Å². The molecular weight excluding hydrogens is 325 g/mol. The number of carbonyl (C=O) groups excluding carboxylic acids is 3. The molecule has 0 aliphatic carbocycles. The van der Waals surface area contributed by atoms with Crippen LogP contribution in [0.1, 0.15) is 11.1 Å². The number of imide groups is 1. The molecule has 126 valence electrons. The Morgan fingerprint density at radius 2 is 1.80 bits per heavy atom. The average Bonchev–Trinajstić information content (AvgIpc) is 3.02. The molecule has 1 spiro atoms. The summed E-state index contributed by atoms with van der Waals surface area (Å²) in [5.41, 5.74) is -0.265. The fraction of sp³-hybridized carbons (Fsp3) is 0.167. The Morgan fingerprint density at radius 3 is 2.48 bits per heavy atom. The third-order valence-corrected chi connectivity index (χ3v) is 4.55. The summed E-state index contributed by atoms with van der Waals surface area (Å²) in [6.07, 6.45) is 0.565. The number of carbonyl (C=O) groups is 3.